The molecule has 0 aliphatic rings. The maximum absolute atomic E-state index is 11.7. The standard InChI is InChI=1S/C33H46O5/c1-2-3-4-5-6-7-8-9-10-11-12-13-14-15-16-17-24-38-25-18-19-30-29-22-21-28(32(34)35)26-27(29)20-23-31(30)33(36)37/h20-23,26H,2-17,24-25H2,1H3,(H,34,35)(H,36,37). The summed E-state index contributed by atoms with van der Waals surface area (Å²) >= 11 is 0. The van der Waals surface area contributed by atoms with Gasteiger partial charge in [-0.3, -0.25) is 0 Å². The van der Waals surface area contributed by atoms with Gasteiger partial charge < -0.3 is 14.9 Å². The van der Waals surface area contributed by atoms with Gasteiger partial charge >= 0.3 is 11.9 Å². The molecule has 0 saturated heterocycles. The van der Waals surface area contributed by atoms with Gasteiger partial charge in [-0.1, -0.05) is 127 Å². The predicted molar refractivity (Wildman–Crippen MR) is 155 cm³/mol. The van der Waals surface area contributed by atoms with Crippen molar-refractivity contribution in [2.75, 3.05) is 13.2 Å². The summed E-state index contributed by atoms with van der Waals surface area (Å²) in [5.41, 5.74) is 0.644. The lowest BCUT2D eigenvalue weighted by Gasteiger charge is -2.06. The van der Waals surface area contributed by atoms with E-state index >= 15 is 0 Å². The Balaban J connectivity index is 1.56. The van der Waals surface area contributed by atoms with E-state index in [-0.39, 0.29) is 17.7 Å². The molecule has 0 bridgehead atoms. The molecular formula is C33H46O5. The summed E-state index contributed by atoms with van der Waals surface area (Å²) in [5.74, 6) is 3.78. The second kappa shape index (κ2) is 19.3. The van der Waals surface area contributed by atoms with E-state index in [1.165, 1.54) is 108 Å². The number of rotatable bonds is 20. The molecule has 0 unspecified atom stereocenters. The molecule has 5 heteroatoms. The van der Waals surface area contributed by atoms with E-state index in [1.807, 2.05) is 0 Å². The zero-order valence-corrected chi connectivity index (χ0v) is 23.2. The van der Waals surface area contributed by atoms with E-state index < -0.39 is 11.9 Å². The number of carbonyl (C=O) groups is 2. The van der Waals surface area contributed by atoms with E-state index in [0.29, 0.717) is 22.9 Å². The summed E-state index contributed by atoms with van der Waals surface area (Å²) in [6, 6.07) is 7.70. The van der Waals surface area contributed by atoms with Crippen LogP contribution < -0.4 is 0 Å². The third kappa shape index (κ3) is 12.1. The minimum Gasteiger partial charge on any atom is -0.478 e. The smallest absolute Gasteiger partial charge is 0.336 e. The predicted octanol–water partition coefficient (Wildman–Crippen LogP) is 8.87. The van der Waals surface area contributed by atoms with Crippen molar-refractivity contribution in [3.63, 3.8) is 0 Å². The average Bonchev–Trinajstić information content (AvgIpc) is 2.91. The number of benzene rings is 2. The Morgan fingerprint density at radius 1 is 0.711 bits per heavy atom. The van der Waals surface area contributed by atoms with Gasteiger partial charge in [0.05, 0.1) is 11.1 Å². The quantitative estimate of drug-likeness (QED) is 0.134. The Morgan fingerprint density at radius 2 is 1.26 bits per heavy atom. The van der Waals surface area contributed by atoms with Crippen LogP contribution >= 0.6 is 0 Å². The van der Waals surface area contributed by atoms with Crippen LogP contribution in [0.3, 0.4) is 0 Å². The number of hydrogen-bond acceptors (Lipinski definition) is 3. The summed E-state index contributed by atoms with van der Waals surface area (Å²) in [6.07, 6.45) is 21.3. The van der Waals surface area contributed by atoms with Crippen molar-refractivity contribution in [1.29, 1.82) is 0 Å². The zero-order chi connectivity index (χ0) is 27.4. The molecule has 0 atom stereocenters. The molecule has 0 saturated carbocycles. The maximum atomic E-state index is 11.7. The van der Waals surface area contributed by atoms with Crippen LogP contribution in [0.2, 0.25) is 0 Å². The summed E-state index contributed by atoms with van der Waals surface area (Å²) < 4.78 is 5.64. The van der Waals surface area contributed by atoms with Gasteiger partial charge in [0.1, 0.15) is 6.61 Å². The van der Waals surface area contributed by atoms with Crippen molar-refractivity contribution in [3.05, 3.63) is 47.0 Å². The van der Waals surface area contributed by atoms with Crippen LogP contribution in [0.4, 0.5) is 0 Å². The normalized spacial score (nSPS) is 10.9. The molecule has 2 N–H and O–H groups in total. The highest BCUT2D eigenvalue weighted by Crippen LogP contribution is 2.24. The third-order valence-corrected chi connectivity index (χ3v) is 7.03. The van der Waals surface area contributed by atoms with Crippen LogP contribution in [-0.4, -0.2) is 35.4 Å². The summed E-state index contributed by atoms with van der Waals surface area (Å²) in [4.78, 5) is 22.9. The lowest BCUT2D eigenvalue weighted by molar-refractivity contribution is 0.0685. The third-order valence-electron chi connectivity index (χ3n) is 7.03. The Hall–Kier alpha value is -2.84. The van der Waals surface area contributed by atoms with Crippen molar-refractivity contribution < 1.29 is 24.5 Å². The number of fused-ring (bicyclic) bond motifs is 1. The van der Waals surface area contributed by atoms with E-state index in [9.17, 15) is 19.8 Å². The first-order valence-electron chi connectivity index (χ1n) is 14.6. The molecule has 0 fully saturated rings. The molecule has 0 aromatic heterocycles. The maximum Gasteiger partial charge on any atom is 0.336 e. The van der Waals surface area contributed by atoms with Crippen LogP contribution in [-0.2, 0) is 4.74 Å². The first-order chi connectivity index (χ1) is 18.5. The van der Waals surface area contributed by atoms with Gasteiger partial charge in [-0.15, -0.1) is 0 Å². The van der Waals surface area contributed by atoms with Crippen molar-refractivity contribution in [1.82, 2.24) is 0 Å². The Labute approximate surface area is 229 Å². The minimum absolute atomic E-state index is 0.103. The number of unbranched alkanes of at least 4 members (excludes halogenated alkanes) is 15. The van der Waals surface area contributed by atoms with Gasteiger partial charge in [-0.05, 0) is 35.4 Å². The van der Waals surface area contributed by atoms with Gasteiger partial charge in [-0.2, -0.15) is 0 Å². The van der Waals surface area contributed by atoms with E-state index in [2.05, 4.69) is 18.8 Å². The SMILES string of the molecule is CCCCCCCCCCCCCCCCCCOCC#Cc1c(C(=O)O)ccc2cc(C(=O)O)ccc12. The fraction of sp³-hybridized carbons (Fsp3) is 0.576. The highest BCUT2D eigenvalue weighted by molar-refractivity contribution is 6.02. The van der Waals surface area contributed by atoms with Crippen molar-refractivity contribution >= 4 is 22.7 Å². The van der Waals surface area contributed by atoms with E-state index in [1.54, 1.807) is 12.1 Å². The van der Waals surface area contributed by atoms with Crippen LogP contribution in [0.5, 0.6) is 0 Å². The Kier molecular flexibility index (Phi) is 15.9. The Bertz CT molecular complexity index is 1050. The molecule has 208 valence electrons. The molecule has 2 aromatic carbocycles. The first kappa shape index (κ1) is 31.4. The van der Waals surface area contributed by atoms with Gasteiger partial charge in [0.2, 0.25) is 0 Å². The lowest BCUT2D eigenvalue weighted by Crippen LogP contribution is -2.02. The minimum atomic E-state index is -1.06. The first-order valence-corrected chi connectivity index (χ1v) is 14.6. The molecule has 0 aliphatic carbocycles. The molecule has 2 rings (SSSR count). The molecule has 0 radical (unpaired) electrons. The molecule has 38 heavy (non-hydrogen) atoms. The topological polar surface area (TPSA) is 83.8 Å². The molecule has 0 heterocycles. The number of ether oxygens (including phenoxy) is 1. The Morgan fingerprint density at radius 3 is 1.79 bits per heavy atom. The van der Waals surface area contributed by atoms with Crippen LogP contribution in [0.15, 0.2) is 30.3 Å². The van der Waals surface area contributed by atoms with E-state index in [4.69, 9.17) is 4.74 Å². The van der Waals surface area contributed by atoms with Gasteiger partial charge in [0.15, 0.2) is 0 Å². The highest BCUT2D eigenvalue weighted by Gasteiger charge is 2.13. The average molecular weight is 523 g/mol. The second-order valence-corrected chi connectivity index (χ2v) is 10.2. The fourth-order valence-corrected chi connectivity index (χ4v) is 4.78. The second-order valence-electron chi connectivity index (χ2n) is 10.2. The molecule has 0 spiro atoms. The molecule has 0 aliphatic heterocycles. The number of carboxylic acid groups (broad SMARTS) is 2. The fourth-order valence-electron chi connectivity index (χ4n) is 4.78. The lowest BCUT2D eigenvalue weighted by atomic mass is 9.97. The molecular weight excluding hydrogens is 476 g/mol. The van der Waals surface area contributed by atoms with Crippen LogP contribution in [0.25, 0.3) is 10.8 Å². The van der Waals surface area contributed by atoms with E-state index in [0.717, 1.165) is 12.8 Å². The highest BCUT2D eigenvalue weighted by atomic mass is 16.5. The van der Waals surface area contributed by atoms with Gasteiger partial charge in [0, 0.05) is 12.2 Å². The number of carboxylic acids is 2. The number of aromatic carboxylic acids is 2. The largest absolute Gasteiger partial charge is 0.478 e. The zero-order valence-electron chi connectivity index (χ0n) is 23.2. The van der Waals surface area contributed by atoms with Crippen molar-refractivity contribution in [2.24, 2.45) is 0 Å². The van der Waals surface area contributed by atoms with Crippen molar-refractivity contribution in [2.45, 2.75) is 110 Å². The molecule has 2 aromatic rings. The summed E-state index contributed by atoms with van der Waals surface area (Å²) in [6.45, 7) is 3.16. The van der Waals surface area contributed by atoms with Gasteiger partial charge in [0.25, 0.3) is 0 Å². The van der Waals surface area contributed by atoms with Gasteiger partial charge in [-0.25, -0.2) is 9.59 Å². The monoisotopic (exact) mass is 522 g/mol. The molecule has 0 amide bonds. The number of hydrogen-bond donors (Lipinski definition) is 2. The van der Waals surface area contributed by atoms with Crippen molar-refractivity contribution in [3.8, 4) is 11.8 Å². The summed E-state index contributed by atoms with van der Waals surface area (Å²) in [5, 5.41) is 20.0. The summed E-state index contributed by atoms with van der Waals surface area (Å²) in [7, 11) is 0. The van der Waals surface area contributed by atoms with Crippen LogP contribution in [0, 0.1) is 11.8 Å². The van der Waals surface area contributed by atoms with Crippen LogP contribution in [0.1, 0.15) is 136 Å². The molecule has 5 nitrogen and oxygen atoms in total.